The number of rotatable bonds is 6. The Morgan fingerprint density at radius 2 is 1.54 bits per heavy atom. The number of hydrogen-bond acceptors (Lipinski definition) is 5. The van der Waals surface area contributed by atoms with Crippen molar-refractivity contribution >= 4 is 0 Å². The molecule has 0 unspecified atom stereocenters. The molecule has 0 radical (unpaired) electrons. The van der Waals surface area contributed by atoms with Crippen LogP contribution >= 0.6 is 0 Å². The van der Waals surface area contributed by atoms with Crippen LogP contribution in [0.3, 0.4) is 0 Å². The molecular formula is C33H33N3O3. The minimum absolute atomic E-state index is 0.00432. The van der Waals surface area contributed by atoms with E-state index in [4.69, 9.17) is 9.47 Å². The Hall–Kier alpha value is -3.76. The molecule has 2 aliphatic heterocycles. The number of aliphatic hydroxyl groups excluding tert-OH is 1. The number of aromatic nitrogens is 3. The van der Waals surface area contributed by atoms with Gasteiger partial charge in [0.25, 0.3) is 0 Å². The fourth-order valence-corrected chi connectivity index (χ4v) is 5.59. The molecule has 3 heterocycles. The second-order valence-corrected chi connectivity index (χ2v) is 10.4. The molecule has 39 heavy (non-hydrogen) atoms. The van der Waals surface area contributed by atoms with E-state index in [-0.39, 0.29) is 37.1 Å². The summed E-state index contributed by atoms with van der Waals surface area (Å²) in [7, 11) is 0. The van der Waals surface area contributed by atoms with Gasteiger partial charge in [-0.2, -0.15) is 0 Å². The largest absolute Gasteiger partial charge is 0.394 e. The maximum atomic E-state index is 9.67. The van der Waals surface area contributed by atoms with Crippen LogP contribution in [0.25, 0.3) is 11.3 Å². The molecule has 2 fully saturated rings. The fraction of sp³-hybridized carbons (Fsp3) is 0.333. The zero-order valence-corrected chi connectivity index (χ0v) is 21.9. The third-order valence-corrected chi connectivity index (χ3v) is 7.73. The van der Waals surface area contributed by atoms with E-state index in [0.29, 0.717) is 0 Å². The number of aryl methyl sites for hydroxylation is 1. The van der Waals surface area contributed by atoms with Crippen molar-refractivity contribution in [1.82, 2.24) is 15.0 Å². The third kappa shape index (κ3) is 6.12. The van der Waals surface area contributed by atoms with E-state index in [2.05, 4.69) is 46.4 Å². The van der Waals surface area contributed by atoms with Gasteiger partial charge in [-0.05, 0) is 55.5 Å². The molecule has 2 aliphatic rings. The quantitative estimate of drug-likeness (QED) is 0.354. The summed E-state index contributed by atoms with van der Waals surface area (Å²) >= 11 is 0. The zero-order chi connectivity index (χ0) is 26.4. The van der Waals surface area contributed by atoms with Crippen molar-refractivity contribution in [2.75, 3.05) is 6.61 Å². The van der Waals surface area contributed by atoms with Gasteiger partial charge in [-0.1, -0.05) is 77.7 Å². The summed E-state index contributed by atoms with van der Waals surface area (Å²) < 4.78 is 14.8. The third-order valence-electron chi connectivity index (χ3n) is 7.73. The van der Waals surface area contributed by atoms with Gasteiger partial charge in [0.15, 0.2) is 0 Å². The lowest BCUT2D eigenvalue weighted by Gasteiger charge is -2.45. The van der Waals surface area contributed by atoms with Gasteiger partial charge in [0, 0.05) is 23.1 Å². The average Bonchev–Trinajstić information content (AvgIpc) is 3.50. The summed E-state index contributed by atoms with van der Waals surface area (Å²) in [6.07, 6.45) is 6.15. The van der Waals surface area contributed by atoms with Crippen molar-refractivity contribution < 1.29 is 14.6 Å². The molecule has 198 valence electrons. The van der Waals surface area contributed by atoms with Gasteiger partial charge >= 0.3 is 0 Å². The summed E-state index contributed by atoms with van der Waals surface area (Å²) in [4.78, 5) is 0. The molecule has 1 N–H and O–H groups in total. The van der Waals surface area contributed by atoms with Crippen LogP contribution in [-0.4, -0.2) is 51.1 Å². The van der Waals surface area contributed by atoms with Crippen molar-refractivity contribution in [3.63, 3.8) is 0 Å². The van der Waals surface area contributed by atoms with Crippen LogP contribution in [0.2, 0.25) is 0 Å². The summed E-state index contributed by atoms with van der Waals surface area (Å²) in [6, 6.07) is 28.7. The first-order chi connectivity index (χ1) is 19.2. The van der Waals surface area contributed by atoms with Crippen molar-refractivity contribution in [3.8, 4) is 23.1 Å². The predicted molar refractivity (Wildman–Crippen MR) is 150 cm³/mol. The van der Waals surface area contributed by atoms with E-state index < -0.39 is 0 Å². The molecular weight excluding hydrogens is 486 g/mol. The van der Waals surface area contributed by atoms with Crippen molar-refractivity contribution in [2.45, 2.75) is 62.6 Å². The highest BCUT2D eigenvalue weighted by atomic mass is 16.6. The SMILES string of the molecule is OC[C@H]1CC[C@@H]2O[C@H](CCc3ccc(C#Cc4ccccc4)cc3)[C@H](n3cc(-c4ccccc4)nn3)C[C@@H]2O1. The topological polar surface area (TPSA) is 69.4 Å². The minimum atomic E-state index is -0.119. The van der Waals surface area contributed by atoms with Crippen molar-refractivity contribution in [2.24, 2.45) is 0 Å². The van der Waals surface area contributed by atoms with Gasteiger partial charge in [-0.3, -0.25) is 0 Å². The van der Waals surface area contributed by atoms with E-state index in [1.54, 1.807) is 0 Å². The first-order valence-corrected chi connectivity index (χ1v) is 13.8. The lowest BCUT2D eigenvalue weighted by Crippen LogP contribution is -2.51. The lowest BCUT2D eigenvalue weighted by molar-refractivity contribution is -0.209. The highest BCUT2D eigenvalue weighted by Crippen LogP contribution is 2.38. The lowest BCUT2D eigenvalue weighted by atomic mass is 9.88. The summed E-state index contributed by atoms with van der Waals surface area (Å²) in [5.74, 6) is 6.47. The number of ether oxygens (including phenoxy) is 2. The first-order valence-electron chi connectivity index (χ1n) is 13.8. The average molecular weight is 520 g/mol. The molecule has 6 heteroatoms. The molecule has 0 aliphatic carbocycles. The van der Waals surface area contributed by atoms with Crippen LogP contribution in [0.5, 0.6) is 0 Å². The second kappa shape index (κ2) is 12.0. The van der Waals surface area contributed by atoms with Crippen LogP contribution < -0.4 is 0 Å². The first kappa shape index (κ1) is 25.5. The van der Waals surface area contributed by atoms with Gasteiger partial charge in [0.1, 0.15) is 5.69 Å². The number of nitrogens with zero attached hydrogens (tertiary/aromatic N) is 3. The molecule has 6 nitrogen and oxygen atoms in total. The van der Waals surface area contributed by atoms with Crippen molar-refractivity contribution in [3.05, 3.63) is 108 Å². The summed E-state index contributed by atoms with van der Waals surface area (Å²) in [5, 5.41) is 18.6. The van der Waals surface area contributed by atoms with E-state index in [9.17, 15) is 5.11 Å². The molecule has 5 atom stereocenters. The summed E-state index contributed by atoms with van der Waals surface area (Å²) in [6.45, 7) is 0.0461. The standard InChI is InChI=1S/C33H33N3O3/c37-23-28-18-20-32-33(38-28)21-30(36-22-29(34-35-36)27-9-5-2-6-10-27)31(39-32)19-17-26-15-13-25(14-16-26)12-11-24-7-3-1-4-8-24/h1-10,13-16,22,28,30-33,37H,17-21,23H2/t28-,30-,31-,32+,33+/m1/s1. The van der Waals surface area contributed by atoms with Crippen LogP contribution in [0, 0.1) is 11.8 Å². The normalized spacial score (nSPS) is 24.4. The monoisotopic (exact) mass is 519 g/mol. The molecule has 0 saturated carbocycles. The molecule has 2 saturated heterocycles. The molecule has 1 aromatic heterocycles. The van der Waals surface area contributed by atoms with E-state index in [1.807, 2.05) is 71.5 Å². The molecule has 6 rings (SSSR count). The Morgan fingerprint density at radius 1 is 0.821 bits per heavy atom. The Bertz CT molecular complexity index is 1410. The van der Waals surface area contributed by atoms with Crippen LogP contribution in [0.4, 0.5) is 0 Å². The highest BCUT2D eigenvalue weighted by molar-refractivity contribution is 5.57. The van der Waals surface area contributed by atoms with Gasteiger partial charge in [0.05, 0.1) is 43.3 Å². The molecule has 0 bridgehead atoms. The number of fused-ring (bicyclic) bond motifs is 1. The minimum Gasteiger partial charge on any atom is -0.394 e. The summed E-state index contributed by atoms with van der Waals surface area (Å²) in [5.41, 5.74) is 5.17. The highest BCUT2D eigenvalue weighted by Gasteiger charge is 2.43. The van der Waals surface area contributed by atoms with Gasteiger partial charge < -0.3 is 14.6 Å². The van der Waals surface area contributed by atoms with Gasteiger partial charge in [-0.25, -0.2) is 4.68 Å². The van der Waals surface area contributed by atoms with E-state index in [0.717, 1.165) is 54.5 Å². The Balaban J connectivity index is 1.17. The zero-order valence-electron chi connectivity index (χ0n) is 21.9. The van der Waals surface area contributed by atoms with Crippen molar-refractivity contribution in [1.29, 1.82) is 0 Å². The maximum Gasteiger partial charge on any atom is 0.113 e. The fourth-order valence-electron chi connectivity index (χ4n) is 5.59. The van der Waals surface area contributed by atoms with E-state index in [1.165, 1.54) is 5.56 Å². The van der Waals surface area contributed by atoms with Gasteiger partial charge in [-0.15, -0.1) is 5.10 Å². The molecule has 0 amide bonds. The van der Waals surface area contributed by atoms with Gasteiger partial charge in [0.2, 0.25) is 0 Å². The Kier molecular flexibility index (Phi) is 7.83. The van der Waals surface area contributed by atoms with E-state index >= 15 is 0 Å². The smallest absolute Gasteiger partial charge is 0.113 e. The molecule has 3 aromatic carbocycles. The van der Waals surface area contributed by atoms with Crippen LogP contribution in [-0.2, 0) is 15.9 Å². The molecule has 4 aromatic rings. The maximum absolute atomic E-state index is 9.67. The number of hydrogen-bond donors (Lipinski definition) is 1. The van der Waals surface area contributed by atoms with Crippen LogP contribution in [0.15, 0.2) is 91.1 Å². The number of aliphatic hydroxyl groups is 1. The molecule has 0 spiro atoms. The predicted octanol–water partition coefficient (Wildman–Crippen LogP) is 5.22. The Labute approximate surface area is 229 Å². The second-order valence-electron chi connectivity index (χ2n) is 10.4. The Morgan fingerprint density at radius 3 is 2.28 bits per heavy atom. The number of benzene rings is 3. The van der Waals surface area contributed by atoms with Crippen LogP contribution in [0.1, 0.15) is 48.4 Å².